The van der Waals surface area contributed by atoms with Crippen LogP contribution in [-0.2, 0) is 4.79 Å². The molecule has 114 valence electrons. The summed E-state index contributed by atoms with van der Waals surface area (Å²) in [7, 11) is 0. The Bertz CT molecular complexity index is 530. The fourth-order valence-corrected chi connectivity index (χ4v) is 2.79. The molecule has 1 aliphatic carbocycles. The lowest BCUT2D eigenvalue weighted by atomic mass is 9.95. The van der Waals surface area contributed by atoms with Crippen molar-refractivity contribution >= 4 is 34.7 Å². The minimum Gasteiger partial charge on any atom is -0.482 e. The Balaban J connectivity index is 1.84. The highest BCUT2D eigenvalue weighted by Gasteiger charge is 2.16. The molecule has 0 aromatic heterocycles. The first-order valence-corrected chi connectivity index (χ1v) is 7.86. The van der Waals surface area contributed by atoms with Crippen LogP contribution in [0.5, 0.6) is 5.75 Å². The third-order valence-electron chi connectivity index (χ3n) is 3.55. The highest BCUT2D eigenvalue weighted by molar-refractivity contribution is 7.80. The SMILES string of the molecule is NC(=S)c1ccc(OCC(=O)NC2CCCCC2)c(Cl)c1. The molecule has 0 atom stereocenters. The second-order valence-corrected chi connectivity index (χ2v) is 6.05. The number of nitrogens with one attached hydrogen (secondary N) is 1. The van der Waals surface area contributed by atoms with Crippen LogP contribution in [0, 0.1) is 0 Å². The molecule has 1 saturated carbocycles. The van der Waals surface area contributed by atoms with Crippen molar-refractivity contribution in [1.82, 2.24) is 5.32 Å². The molecule has 0 radical (unpaired) electrons. The van der Waals surface area contributed by atoms with Gasteiger partial charge < -0.3 is 15.8 Å². The van der Waals surface area contributed by atoms with Gasteiger partial charge >= 0.3 is 0 Å². The van der Waals surface area contributed by atoms with E-state index < -0.39 is 0 Å². The first kappa shape index (κ1) is 16.0. The summed E-state index contributed by atoms with van der Waals surface area (Å²) < 4.78 is 5.45. The van der Waals surface area contributed by atoms with Crippen LogP contribution < -0.4 is 15.8 Å². The highest BCUT2D eigenvalue weighted by Crippen LogP contribution is 2.25. The first-order chi connectivity index (χ1) is 10.1. The summed E-state index contributed by atoms with van der Waals surface area (Å²) in [5.41, 5.74) is 6.20. The van der Waals surface area contributed by atoms with Gasteiger partial charge in [0.05, 0.1) is 5.02 Å². The van der Waals surface area contributed by atoms with Crippen LogP contribution >= 0.6 is 23.8 Å². The van der Waals surface area contributed by atoms with Gasteiger partial charge in [-0.1, -0.05) is 43.1 Å². The number of carbonyl (C=O) groups excluding carboxylic acids is 1. The molecule has 1 fully saturated rings. The number of ether oxygens (including phenoxy) is 1. The molecule has 0 bridgehead atoms. The molecule has 0 saturated heterocycles. The summed E-state index contributed by atoms with van der Waals surface area (Å²) in [6.07, 6.45) is 5.72. The Hall–Kier alpha value is -1.33. The van der Waals surface area contributed by atoms with Gasteiger partial charge in [-0.2, -0.15) is 0 Å². The topological polar surface area (TPSA) is 64.3 Å². The molecule has 1 aliphatic rings. The smallest absolute Gasteiger partial charge is 0.258 e. The van der Waals surface area contributed by atoms with Crippen LogP contribution in [0.1, 0.15) is 37.7 Å². The van der Waals surface area contributed by atoms with E-state index in [0.717, 1.165) is 12.8 Å². The summed E-state index contributed by atoms with van der Waals surface area (Å²) >= 11 is 11.0. The van der Waals surface area contributed by atoms with Crippen molar-refractivity contribution in [1.29, 1.82) is 0 Å². The van der Waals surface area contributed by atoms with Crippen LogP contribution in [0.2, 0.25) is 5.02 Å². The molecule has 1 amide bonds. The van der Waals surface area contributed by atoms with Crippen molar-refractivity contribution in [2.24, 2.45) is 5.73 Å². The van der Waals surface area contributed by atoms with Crippen molar-refractivity contribution < 1.29 is 9.53 Å². The highest BCUT2D eigenvalue weighted by atomic mass is 35.5. The second-order valence-electron chi connectivity index (χ2n) is 5.20. The van der Waals surface area contributed by atoms with E-state index in [9.17, 15) is 4.79 Å². The lowest BCUT2D eigenvalue weighted by Crippen LogP contribution is -2.39. The fourth-order valence-electron chi connectivity index (χ4n) is 2.43. The standard InChI is InChI=1S/C15H19ClN2O2S/c16-12-8-10(15(17)21)6-7-13(12)20-9-14(19)18-11-4-2-1-3-5-11/h6-8,11H,1-5,9H2,(H2,17,21)(H,18,19). The van der Waals surface area contributed by atoms with Gasteiger partial charge in [0, 0.05) is 11.6 Å². The molecule has 21 heavy (non-hydrogen) atoms. The molecule has 0 heterocycles. The molecule has 0 unspecified atom stereocenters. The van der Waals surface area contributed by atoms with Crippen LogP contribution in [0.25, 0.3) is 0 Å². The van der Waals surface area contributed by atoms with Crippen LogP contribution in [0.4, 0.5) is 0 Å². The zero-order valence-corrected chi connectivity index (χ0v) is 13.3. The summed E-state index contributed by atoms with van der Waals surface area (Å²) in [5, 5.41) is 3.38. The lowest BCUT2D eigenvalue weighted by molar-refractivity contribution is -0.124. The number of nitrogens with two attached hydrogens (primary N) is 1. The Labute approximate surface area is 135 Å². The van der Waals surface area contributed by atoms with E-state index in [1.807, 2.05) is 0 Å². The minimum atomic E-state index is -0.114. The number of hydrogen-bond acceptors (Lipinski definition) is 3. The van der Waals surface area contributed by atoms with E-state index in [0.29, 0.717) is 16.3 Å². The van der Waals surface area contributed by atoms with Gasteiger partial charge in [-0.15, -0.1) is 0 Å². The van der Waals surface area contributed by atoms with Crippen molar-refractivity contribution in [3.8, 4) is 5.75 Å². The van der Waals surface area contributed by atoms with Gasteiger partial charge in [-0.3, -0.25) is 4.79 Å². The zero-order chi connectivity index (χ0) is 15.2. The summed E-state index contributed by atoms with van der Waals surface area (Å²) in [6, 6.07) is 5.31. The van der Waals surface area contributed by atoms with E-state index in [1.165, 1.54) is 19.3 Å². The van der Waals surface area contributed by atoms with Gasteiger partial charge in [-0.05, 0) is 31.0 Å². The average molecular weight is 327 g/mol. The number of amides is 1. The molecule has 3 N–H and O–H groups in total. The van der Waals surface area contributed by atoms with E-state index in [1.54, 1.807) is 18.2 Å². The predicted molar refractivity (Wildman–Crippen MR) is 87.9 cm³/mol. The largest absolute Gasteiger partial charge is 0.482 e. The molecule has 0 aliphatic heterocycles. The molecule has 6 heteroatoms. The van der Waals surface area contributed by atoms with Crippen LogP contribution in [0.15, 0.2) is 18.2 Å². The van der Waals surface area contributed by atoms with Crippen molar-refractivity contribution in [2.75, 3.05) is 6.61 Å². The van der Waals surface area contributed by atoms with Gasteiger partial charge in [0.25, 0.3) is 5.91 Å². The number of thiocarbonyl (C=S) groups is 1. The Kier molecular flexibility index (Phi) is 5.82. The molecule has 4 nitrogen and oxygen atoms in total. The van der Waals surface area contributed by atoms with Crippen molar-refractivity contribution in [3.63, 3.8) is 0 Å². The minimum absolute atomic E-state index is 0.0390. The molecule has 1 aromatic rings. The molecule has 2 rings (SSSR count). The van der Waals surface area contributed by atoms with Crippen LogP contribution in [-0.4, -0.2) is 23.5 Å². The first-order valence-electron chi connectivity index (χ1n) is 7.08. The van der Waals surface area contributed by atoms with Crippen molar-refractivity contribution in [2.45, 2.75) is 38.1 Å². The number of hydrogen-bond donors (Lipinski definition) is 2. The Morgan fingerprint density at radius 2 is 2.10 bits per heavy atom. The van der Waals surface area contributed by atoms with Gasteiger partial charge in [0.15, 0.2) is 6.61 Å². The van der Waals surface area contributed by atoms with Crippen LogP contribution in [0.3, 0.4) is 0 Å². The van der Waals surface area contributed by atoms with E-state index in [4.69, 9.17) is 34.3 Å². The average Bonchev–Trinajstić information content (AvgIpc) is 2.47. The van der Waals surface area contributed by atoms with Gasteiger partial charge in [-0.25, -0.2) is 0 Å². The van der Waals surface area contributed by atoms with E-state index in [2.05, 4.69) is 5.32 Å². The number of rotatable bonds is 5. The Morgan fingerprint density at radius 3 is 2.71 bits per heavy atom. The number of carbonyl (C=O) groups is 1. The maximum Gasteiger partial charge on any atom is 0.258 e. The maximum atomic E-state index is 11.9. The van der Waals surface area contributed by atoms with E-state index >= 15 is 0 Å². The lowest BCUT2D eigenvalue weighted by Gasteiger charge is -2.22. The quantitative estimate of drug-likeness (QED) is 0.817. The molecule has 1 aromatic carbocycles. The number of halogens is 1. The summed E-state index contributed by atoms with van der Waals surface area (Å²) in [4.78, 5) is 12.1. The maximum absolute atomic E-state index is 11.9. The third-order valence-corrected chi connectivity index (χ3v) is 4.08. The predicted octanol–water partition coefficient (Wildman–Crippen LogP) is 2.80. The molecule has 0 spiro atoms. The zero-order valence-electron chi connectivity index (χ0n) is 11.7. The Morgan fingerprint density at radius 1 is 1.38 bits per heavy atom. The summed E-state index contributed by atoms with van der Waals surface area (Å²) in [6.45, 7) is -0.0390. The summed E-state index contributed by atoms with van der Waals surface area (Å²) in [5.74, 6) is 0.340. The van der Waals surface area contributed by atoms with E-state index in [-0.39, 0.29) is 23.5 Å². The molecular formula is C15H19ClN2O2S. The monoisotopic (exact) mass is 326 g/mol. The third kappa shape index (κ3) is 4.86. The van der Waals surface area contributed by atoms with Crippen molar-refractivity contribution in [3.05, 3.63) is 28.8 Å². The molecular weight excluding hydrogens is 308 g/mol. The normalized spacial score (nSPS) is 15.5. The fraction of sp³-hybridized carbons (Fsp3) is 0.467. The second kappa shape index (κ2) is 7.61. The van der Waals surface area contributed by atoms with Gasteiger partial charge in [0.1, 0.15) is 10.7 Å². The number of benzene rings is 1. The van der Waals surface area contributed by atoms with Gasteiger partial charge in [0.2, 0.25) is 0 Å².